The number of anilines is 1. The molecule has 200 valence electrons. The van der Waals surface area contributed by atoms with E-state index in [0.717, 1.165) is 17.7 Å². The van der Waals surface area contributed by atoms with Crippen molar-refractivity contribution >= 4 is 27.7 Å². The number of amides is 2. The van der Waals surface area contributed by atoms with Crippen LogP contribution in [0, 0.1) is 17.2 Å². The molecule has 3 saturated heterocycles. The van der Waals surface area contributed by atoms with E-state index in [1.54, 1.807) is 17.0 Å². The number of rotatable bonds is 5. The van der Waals surface area contributed by atoms with Crippen LogP contribution in [0.1, 0.15) is 38.2 Å². The molecule has 3 atom stereocenters. The number of hydrogen-bond acceptors (Lipinski definition) is 9. The summed E-state index contributed by atoms with van der Waals surface area (Å²) in [6.07, 6.45) is 1.31. The van der Waals surface area contributed by atoms with Crippen molar-refractivity contribution in [3.8, 4) is 6.07 Å². The van der Waals surface area contributed by atoms with Gasteiger partial charge in [-0.05, 0) is 43.0 Å². The number of methoxy groups -OCH3 is 1. The van der Waals surface area contributed by atoms with E-state index in [-0.39, 0.29) is 24.5 Å². The number of sulfonamides is 1. The van der Waals surface area contributed by atoms with Crippen LogP contribution in [0.25, 0.3) is 0 Å². The van der Waals surface area contributed by atoms with Gasteiger partial charge in [0.1, 0.15) is 6.17 Å². The Labute approximate surface area is 216 Å². The quantitative estimate of drug-likeness (QED) is 0.502. The molecule has 13 heteroatoms. The lowest BCUT2D eigenvalue weighted by molar-refractivity contribution is -0.128. The average Bonchev–Trinajstić information content (AvgIpc) is 3.39. The Hall–Kier alpha value is -2.92. The number of ether oxygens (including phenoxy) is 1. The van der Waals surface area contributed by atoms with E-state index >= 15 is 0 Å². The molecule has 4 heterocycles. The third kappa shape index (κ3) is 4.31. The van der Waals surface area contributed by atoms with Crippen LogP contribution >= 0.6 is 0 Å². The van der Waals surface area contributed by atoms with Crippen LogP contribution in [0.2, 0.25) is 0 Å². The Bertz CT molecular complexity index is 1220. The highest BCUT2D eigenvalue weighted by atomic mass is 32.2. The van der Waals surface area contributed by atoms with Crippen LogP contribution in [0.3, 0.4) is 0 Å². The zero-order valence-corrected chi connectivity index (χ0v) is 21.9. The van der Waals surface area contributed by atoms with Gasteiger partial charge < -0.3 is 20.3 Å². The summed E-state index contributed by atoms with van der Waals surface area (Å²) in [4.78, 5) is 27.1. The first-order valence-corrected chi connectivity index (χ1v) is 14.1. The van der Waals surface area contributed by atoms with Crippen molar-refractivity contribution in [3.05, 3.63) is 23.8 Å². The van der Waals surface area contributed by atoms with E-state index in [4.69, 9.17) is 4.74 Å². The Morgan fingerprint density at radius 3 is 2.76 bits per heavy atom. The third-order valence-corrected chi connectivity index (χ3v) is 10.2. The lowest BCUT2D eigenvalue weighted by Gasteiger charge is -2.48. The van der Waals surface area contributed by atoms with Crippen molar-refractivity contribution in [2.75, 3.05) is 38.6 Å². The van der Waals surface area contributed by atoms with Crippen LogP contribution in [-0.4, -0.2) is 85.7 Å². The molecule has 0 aromatic heterocycles. The zero-order valence-electron chi connectivity index (χ0n) is 21.1. The highest BCUT2D eigenvalue weighted by Crippen LogP contribution is 2.41. The highest BCUT2D eigenvalue weighted by molar-refractivity contribution is 7.89. The largest absolute Gasteiger partial charge is 0.453 e. The summed E-state index contributed by atoms with van der Waals surface area (Å²) in [5.41, 5.74) is 4.42. The van der Waals surface area contributed by atoms with Gasteiger partial charge in [-0.25, -0.2) is 23.6 Å². The standard InChI is InChI=1S/C24H33N7O5S/c1-3-30-15-16-14-17(4-5-19(16)37(30,34)35)27-21-20-18(6-11-26-22(20)32)31(28-21)24(7-10-25)8-12-29(13-9-24)23(33)36-2/h4-5,14,18,20-21,27-28H,3,6-9,11-13,15H2,1-2H3,(H,26,32). The third-order valence-electron chi connectivity index (χ3n) is 8.17. The molecule has 4 aliphatic rings. The summed E-state index contributed by atoms with van der Waals surface area (Å²) in [6, 6.07) is 7.39. The van der Waals surface area contributed by atoms with Crippen molar-refractivity contribution in [1.82, 2.24) is 25.0 Å². The molecule has 0 saturated carbocycles. The summed E-state index contributed by atoms with van der Waals surface area (Å²) in [6.45, 7) is 4.00. The van der Waals surface area contributed by atoms with Crippen molar-refractivity contribution in [3.63, 3.8) is 0 Å². The van der Waals surface area contributed by atoms with Gasteiger partial charge in [0.2, 0.25) is 15.9 Å². The molecule has 1 aromatic rings. The Morgan fingerprint density at radius 2 is 2.08 bits per heavy atom. The number of piperidine rings is 2. The molecule has 1 aromatic carbocycles. The zero-order chi connectivity index (χ0) is 26.4. The molecule has 3 unspecified atom stereocenters. The number of nitrogens with zero attached hydrogens (tertiary/aromatic N) is 4. The number of hydrazine groups is 1. The molecule has 5 rings (SSSR count). The fourth-order valence-corrected chi connectivity index (χ4v) is 7.84. The van der Waals surface area contributed by atoms with Crippen LogP contribution < -0.4 is 16.1 Å². The summed E-state index contributed by atoms with van der Waals surface area (Å²) in [5, 5.41) is 18.2. The van der Waals surface area contributed by atoms with Crippen LogP contribution in [-0.2, 0) is 26.1 Å². The van der Waals surface area contributed by atoms with E-state index in [2.05, 4.69) is 27.1 Å². The number of carbonyl (C=O) groups excluding carboxylic acids is 2. The van der Waals surface area contributed by atoms with Crippen molar-refractivity contribution in [1.29, 1.82) is 5.26 Å². The van der Waals surface area contributed by atoms with E-state index in [0.29, 0.717) is 50.5 Å². The first kappa shape index (κ1) is 25.7. The number of hydrogen-bond donors (Lipinski definition) is 3. The van der Waals surface area contributed by atoms with Crippen molar-refractivity contribution < 1.29 is 22.7 Å². The molecular weight excluding hydrogens is 498 g/mol. The predicted octanol–water partition coefficient (Wildman–Crippen LogP) is 0.788. The second-order valence-corrected chi connectivity index (χ2v) is 12.0. The topological polar surface area (TPSA) is 147 Å². The first-order valence-electron chi connectivity index (χ1n) is 12.7. The Morgan fingerprint density at radius 1 is 1.32 bits per heavy atom. The monoisotopic (exact) mass is 531 g/mol. The Balaban J connectivity index is 1.40. The normalized spacial score (nSPS) is 28.6. The number of benzene rings is 1. The molecular formula is C24H33N7O5S. The number of nitrogens with one attached hydrogen (secondary N) is 3. The minimum atomic E-state index is -3.47. The Kier molecular flexibility index (Phi) is 6.78. The first-order chi connectivity index (χ1) is 17.7. The molecule has 12 nitrogen and oxygen atoms in total. The highest BCUT2D eigenvalue weighted by Gasteiger charge is 2.55. The number of fused-ring (bicyclic) bond motifs is 2. The van der Waals surface area contributed by atoms with Gasteiger partial charge in [-0.1, -0.05) is 6.92 Å². The summed E-state index contributed by atoms with van der Waals surface area (Å²) < 4.78 is 31.7. The van der Waals surface area contributed by atoms with E-state index in [9.17, 15) is 23.3 Å². The van der Waals surface area contributed by atoms with Crippen molar-refractivity contribution in [2.45, 2.75) is 61.8 Å². The summed E-state index contributed by atoms with van der Waals surface area (Å²) >= 11 is 0. The maximum Gasteiger partial charge on any atom is 0.409 e. The van der Waals surface area contributed by atoms with Crippen molar-refractivity contribution in [2.24, 2.45) is 5.92 Å². The van der Waals surface area contributed by atoms with Gasteiger partial charge in [0.05, 0.1) is 36.0 Å². The van der Waals surface area contributed by atoms with Gasteiger partial charge in [-0.2, -0.15) is 9.57 Å². The van der Waals surface area contributed by atoms with Crippen LogP contribution in [0.15, 0.2) is 23.1 Å². The molecule has 0 bridgehead atoms. The molecule has 4 aliphatic heterocycles. The minimum absolute atomic E-state index is 0.0660. The fraction of sp³-hybridized carbons (Fsp3) is 0.625. The minimum Gasteiger partial charge on any atom is -0.453 e. The number of nitriles is 1. The van der Waals surface area contributed by atoms with Crippen LogP contribution in [0.4, 0.5) is 10.5 Å². The fourth-order valence-electron chi connectivity index (χ4n) is 6.22. The average molecular weight is 532 g/mol. The maximum atomic E-state index is 13.1. The molecule has 0 radical (unpaired) electrons. The molecule has 0 aliphatic carbocycles. The van der Waals surface area contributed by atoms with Gasteiger partial charge in [0.15, 0.2) is 0 Å². The van der Waals surface area contributed by atoms with Gasteiger partial charge in [0.25, 0.3) is 0 Å². The van der Waals surface area contributed by atoms with Gasteiger partial charge in [-0.15, -0.1) is 0 Å². The second-order valence-electron chi connectivity index (χ2n) is 10.1. The molecule has 0 spiro atoms. The predicted molar refractivity (Wildman–Crippen MR) is 133 cm³/mol. The molecule has 3 fully saturated rings. The van der Waals surface area contributed by atoms with E-state index < -0.39 is 27.6 Å². The van der Waals surface area contributed by atoms with Gasteiger partial charge in [-0.3, -0.25) is 4.79 Å². The van der Waals surface area contributed by atoms with Gasteiger partial charge >= 0.3 is 6.09 Å². The molecule has 37 heavy (non-hydrogen) atoms. The SMILES string of the molecule is CCN1Cc2cc(NC3NN(C4(CC#N)CCN(C(=O)OC)CC4)C4CCNC(=O)C34)ccc2S1(=O)=O. The summed E-state index contributed by atoms with van der Waals surface area (Å²) in [5.74, 6) is -0.476. The summed E-state index contributed by atoms with van der Waals surface area (Å²) in [7, 11) is -2.11. The lowest BCUT2D eigenvalue weighted by Crippen LogP contribution is -2.62. The number of likely N-dealkylation sites (tertiary alicyclic amines) is 1. The van der Waals surface area contributed by atoms with Gasteiger partial charge in [0, 0.05) is 44.5 Å². The van der Waals surface area contributed by atoms with Crippen LogP contribution in [0.5, 0.6) is 0 Å². The molecule has 2 amide bonds. The number of carbonyl (C=O) groups is 2. The van der Waals surface area contributed by atoms with E-state index in [1.165, 1.54) is 11.4 Å². The molecule has 3 N–H and O–H groups in total. The second kappa shape index (κ2) is 9.75. The maximum absolute atomic E-state index is 13.1. The smallest absolute Gasteiger partial charge is 0.409 e. The lowest BCUT2D eigenvalue weighted by atomic mass is 9.81. The van der Waals surface area contributed by atoms with E-state index in [1.807, 2.05) is 13.0 Å².